The van der Waals surface area contributed by atoms with E-state index in [9.17, 15) is 13.9 Å². The Morgan fingerprint density at radius 2 is 2.13 bits per heavy atom. The third kappa shape index (κ3) is 5.12. The van der Waals surface area contributed by atoms with Crippen molar-refractivity contribution in [3.05, 3.63) is 58.7 Å². The van der Waals surface area contributed by atoms with Crippen LogP contribution in [0.2, 0.25) is 0 Å². The molecule has 3 N–H and O–H groups in total. The van der Waals surface area contributed by atoms with Crippen LogP contribution in [0.4, 0.5) is 8.78 Å². The van der Waals surface area contributed by atoms with Crippen molar-refractivity contribution in [3.63, 3.8) is 0 Å². The van der Waals surface area contributed by atoms with Gasteiger partial charge in [0.15, 0.2) is 34.7 Å². The number of aliphatic imine (C=N–C) groups is 1. The Hall–Kier alpha value is -2.74. The molecule has 0 saturated heterocycles. The van der Waals surface area contributed by atoms with Crippen LogP contribution in [0.3, 0.4) is 0 Å². The zero-order valence-electron chi connectivity index (χ0n) is 21.9. The number of hydrogen-bond acceptors (Lipinski definition) is 11. The number of nitrogens with zero attached hydrogens (tertiary/aromatic N) is 4. The summed E-state index contributed by atoms with van der Waals surface area (Å²) in [6.45, 7) is 5.80. The Labute approximate surface area is 229 Å². The Morgan fingerprint density at radius 1 is 1.28 bits per heavy atom. The first-order chi connectivity index (χ1) is 18.8. The van der Waals surface area contributed by atoms with Gasteiger partial charge in [0.1, 0.15) is 23.8 Å². The summed E-state index contributed by atoms with van der Waals surface area (Å²) in [6.07, 6.45) is 2.80. The molecule has 6 rings (SSSR count). The lowest BCUT2D eigenvalue weighted by Crippen LogP contribution is -2.58. The first kappa shape index (κ1) is 26.5. The van der Waals surface area contributed by atoms with Crippen molar-refractivity contribution in [1.29, 1.82) is 0 Å². The molecule has 3 aliphatic heterocycles. The van der Waals surface area contributed by atoms with Crippen LogP contribution in [-0.2, 0) is 14.2 Å². The zero-order chi connectivity index (χ0) is 27.3. The highest BCUT2D eigenvalue weighted by Crippen LogP contribution is 2.45. The summed E-state index contributed by atoms with van der Waals surface area (Å²) in [5.41, 5.74) is 1.21. The molecule has 2 aliphatic carbocycles. The van der Waals surface area contributed by atoms with Gasteiger partial charge in [-0.1, -0.05) is 18.2 Å². The molecule has 1 aromatic rings. The summed E-state index contributed by atoms with van der Waals surface area (Å²) in [6, 6.07) is 3.70. The van der Waals surface area contributed by atoms with E-state index >= 15 is 0 Å². The summed E-state index contributed by atoms with van der Waals surface area (Å²) >= 11 is 1.69. The van der Waals surface area contributed by atoms with Gasteiger partial charge in [-0.25, -0.2) is 18.8 Å². The van der Waals surface area contributed by atoms with Crippen molar-refractivity contribution in [2.45, 2.75) is 75.2 Å². The molecule has 1 saturated carbocycles. The van der Waals surface area contributed by atoms with Gasteiger partial charge < -0.3 is 24.6 Å². The van der Waals surface area contributed by atoms with Gasteiger partial charge >= 0.3 is 0 Å². The number of ether oxygens (including phenoxy) is 3. The van der Waals surface area contributed by atoms with Gasteiger partial charge in [0.25, 0.3) is 0 Å². The van der Waals surface area contributed by atoms with Crippen molar-refractivity contribution in [1.82, 2.24) is 15.6 Å². The first-order valence-electron chi connectivity index (χ1n) is 13.2. The van der Waals surface area contributed by atoms with Crippen molar-refractivity contribution < 1.29 is 28.1 Å². The van der Waals surface area contributed by atoms with E-state index in [0.717, 1.165) is 24.2 Å². The van der Waals surface area contributed by atoms with Crippen LogP contribution in [0.1, 0.15) is 45.1 Å². The molecule has 210 valence electrons. The fourth-order valence-corrected chi connectivity index (χ4v) is 6.06. The molecule has 0 spiro atoms. The molecule has 5 aliphatic rings. The van der Waals surface area contributed by atoms with Gasteiger partial charge in [0, 0.05) is 25.8 Å². The second-order valence-electron chi connectivity index (χ2n) is 10.5. The molecule has 0 radical (unpaired) electrons. The van der Waals surface area contributed by atoms with Crippen LogP contribution in [0.5, 0.6) is 0 Å². The van der Waals surface area contributed by atoms with Crippen molar-refractivity contribution >= 4 is 17.6 Å². The topological polar surface area (TPSA) is 112 Å². The van der Waals surface area contributed by atoms with E-state index in [-0.39, 0.29) is 36.8 Å². The number of aliphatic hydroxyl groups is 1. The summed E-state index contributed by atoms with van der Waals surface area (Å²) in [5.74, 6) is 0.229. The maximum Gasteiger partial charge on any atom is 0.245 e. The standard InChI is InChI=1S/C26H32F2N6O4S/c1-4-9-39-25-30-23(29-17-11-14(17)13-5-6-15(27)16(28)10-13)20-24(31-25)34(33-32-20)18-12-19(36-8-7-35)22-21(18)37-26(2,3)38-22/h5-6,10,12,14,17,19-20,24-25,31,35H,4,7-9,11H2,1-3H3,(H,29,30)/t14-,17+,19-,20?,24+,25?/m0/s1. The van der Waals surface area contributed by atoms with E-state index in [1.165, 1.54) is 12.1 Å². The highest BCUT2D eigenvalue weighted by molar-refractivity contribution is 7.99. The van der Waals surface area contributed by atoms with Gasteiger partial charge in [-0.2, -0.15) is 5.11 Å². The number of halogens is 2. The highest BCUT2D eigenvalue weighted by atomic mass is 32.2. The van der Waals surface area contributed by atoms with E-state index in [4.69, 9.17) is 19.2 Å². The predicted molar refractivity (Wildman–Crippen MR) is 140 cm³/mol. The predicted octanol–water partition coefficient (Wildman–Crippen LogP) is 3.49. The second-order valence-corrected chi connectivity index (χ2v) is 11.7. The summed E-state index contributed by atoms with van der Waals surface area (Å²) in [5, 5.41) is 27.2. The molecular formula is C26H32F2N6O4S. The number of thioether (sulfide) groups is 1. The second kappa shape index (κ2) is 10.3. The molecule has 0 amide bonds. The van der Waals surface area contributed by atoms with E-state index in [2.05, 4.69) is 27.9 Å². The number of amidine groups is 1. The molecule has 1 fully saturated rings. The van der Waals surface area contributed by atoms with Crippen molar-refractivity contribution in [2.75, 3.05) is 19.0 Å². The van der Waals surface area contributed by atoms with E-state index in [1.54, 1.807) is 22.8 Å². The lowest BCUT2D eigenvalue weighted by molar-refractivity contribution is -0.133. The molecular weight excluding hydrogens is 530 g/mol. The summed E-state index contributed by atoms with van der Waals surface area (Å²) in [4.78, 5) is 4.91. The van der Waals surface area contributed by atoms with E-state index in [1.807, 2.05) is 19.9 Å². The maximum absolute atomic E-state index is 13.8. The Balaban J connectivity index is 1.22. The molecule has 3 heterocycles. The van der Waals surface area contributed by atoms with Crippen LogP contribution in [0.15, 0.2) is 56.8 Å². The molecule has 6 atom stereocenters. The average molecular weight is 563 g/mol. The lowest BCUT2D eigenvalue weighted by atomic mass is 10.1. The molecule has 0 aromatic heterocycles. The van der Waals surface area contributed by atoms with Gasteiger partial charge in [0.05, 0.1) is 13.2 Å². The SMILES string of the molecule is CCCSC1N=C(N[C@@H]2C[C@H]2c2ccc(F)c(F)c2)C2N=NN(C3=C[C@H](OCCO)C4=C3OC(C)(C)O4)[C@H]2N1. The van der Waals surface area contributed by atoms with Gasteiger partial charge in [-0.05, 0) is 42.4 Å². The van der Waals surface area contributed by atoms with Crippen molar-refractivity contribution in [3.8, 4) is 0 Å². The Bertz CT molecular complexity index is 1260. The average Bonchev–Trinajstić information content (AvgIpc) is 3.24. The molecule has 2 unspecified atom stereocenters. The fraction of sp³-hybridized carbons (Fsp3) is 0.577. The molecule has 39 heavy (non-hydrogen) atoms. The van der Waals surface area contributed by atoms with Crippen LogP contribution in [0.25, 0.3) is 0 Å². The minimum absolute atomic E-state index is 0.0390. The maximum atomic E-state index is 13.8. The number of hydrogen-bond donors (Lipinski definition) is 3. The van der Waals surface area contributed by atoms with Crippen LogP contribution < -0.4 is 10.6 Å². The van der Waals surface area contributed by atoms with Crippen LogP contribution in [-0.4, -0.2) is 70.6 Å². The number of rotatable bonds is 9. The third-order valence-corrected chi connectivity index (χ3v) is 8.22. The van der Waals surface area contributed by atoms with Crippen molar-refractivity contribution in [2.24, 2.45) is 15.3 Å². The molecule has 0 bridgehead atoms. The largest absolute Gasteiger partial charge is 0.450 e. The van der Waals surface area contributed by atoms with E-state index in [0.29, 0.717) is 23.1 Å². The fourth-order valence-electron chi connectivity index (χ4n) is 5.18. The zero-order valence-corrected chi connectivity index (χ0v) is 22.8. The lowest BCUT2D eigenvalue weighted by Gasteiger charge is -2.35. The molecule has 13 heteroatoms. The smallest absolute Gasteiger partial charge is 0.245 e. The van der Waals surface area contributed by atoms with Gasteiger partial charge in [0.2, 0.25) is 5.79 Å². The number of fused-ring (bicyclic) bond motifs is 1. The quantitative estimate of drug-likeness (QED) is 0.420. The van der Waals surface area contributed by atoms with E-state index < -0.39 is 29.6 Å². The first-order valence-corrected chi connectivity index (χ1v) is 14.3. The van der Waals surface area contributed by atoms with Gasteiger partial charge in [-0.3, -0.25) is 5.32 Å². The number of benzene rings is 1. The summed E-state index contributed by atoms with van der Waals surface area (Å²) in [7, 11) is 0. The van der Waals surface area contributed by atoms with Gasteiger partial charge in [-0.15, -0.1) is 11.8 Å². The Kier molecular flexibility index (Phi) is 7.02. The number of nitrogens with one attached hydrogen (secondary N) is 2. The normalized spacial score (nSPS) is 31.9. The highest BCUT2D eigenvalue weighted by Gasteiger charge is 2.51. The molecule has 1 aromatic carbocycles. The monoisotopic (exact) mass is 562 g/mol. The minimum atomic E-state index is -0.865. The third-order valence-electron chi connectivity index (χ3n) is 7.02. The van der Waals surface area contributed by atoms with Crippen LogP contribution in [0, 0.1) is 11.6 Å². The van der Waals surface area contributed by atoms with Crippen LogP contribution >= 0.6 is 11.8 Å². The number of aliphatic hydroxyl groups excluding tert-OH is 1. The molecule has 10 nitrogen and oxygen atoms in total. The Morgan fingerprint density at radius 3 is 2.90 bits per heavy atom. The minimum Gasteiger partial charge on any atom is -0.450 e. The summed E-state index contributed by atoms with van der Waals surface area (Å²) < 4.78 is 45.2.